The Morgan fingerprint density at radius 2 is 1.45 bits per heavy atom. The highest BCUT2D eigenvalue weighted by molar-refractivity contribution is 6.20. The molecule has 0 aliphatic carbocycles. The van der Waals surface area contributed by atoms with Crippen LogP contribution in [0.15, 0.2) is 81.8 Å². The van der Waals surface area contributed by atoms with E-state index in [2.05, 4.69) is 107 Å². The first kappa shape index (κ1) is 23.0. The van der Waals surface area contributed by atoms with Gasteiger partial charge in [-0.3, -0.25) is 0 Å². The van der Waals surface area contributed by atoms with E-state index in [9.17, 15) is 0 Å². The van der Waals surface area contributed by atoms with Crippen molar-refractivity contribution < 1.29 is 13.4 Å². The molecular formula is C35H32NO2+. The van der Waals surface area contributed by atoms with E-state index in [1.165, 1.54) is 27.9 Å². The molecule has 3 heteroatoms. The molecule has 0 radical (unpaired) electrons. The fraction of sp³-hybridized carbons (Fsp3) is 0.229. The predicted octanol–water partition coefficient (Wildman–Crippen LogP) is 9.34. The first-order chi connectivity index (χ1) is 18.2. The van der Waals surface area contributed by atoms with Crippen molar-refractivity contribution in [3.63, 3.8) is 0 Å². The van der Waals surface area contributed by atoms with Crippen molar-refractivity contribution >= 4 is 54.6 Å². The van der Waals surface area contributed by atoms with E-state index < -0.39 is 0 Å². The Morgan fingerprint density at radius 1 is 0.684 bits per heavy atom. The second kappa shape index (κ2) is 7.94. The zero-order chi connectivity index (χ0) is 26.3. The van der Waals surface area contributed by atoms with Crippen LogP contribution in [0.25, 0.3) is 65.9 Å². The number of para-hydroxylation sites is 1. The summed E-state index contributed by atoms with van der Waals surface area (Å²) in [5.41, 5.74) is 10.2. The number of benzene rings is 4. The third-order valence-corrected chi connectivity index (χ3v) is 7.89. The number of aromatic nitrogens is 1. The summed E-state index contributed by atoms with van der Waals surface area (Å²) >= 11 is 0. The van der Waals surface area contributed by atoms with Crippen LogP contribution in [0, 0.1) is 19.3 Å². The summed E-state index contributed by atoms with van der Waals surface area (Å²) in [6.45, 7) is 11.3. The molecular weight excluding hydrogens is 466 g/mol. The Bertz CT molecular complexity index is 2060. The molecule has 3 heterocycles. The van der Waals surface area contributed by atoms with Gasteiger partial charge in [-0.25, -0.2) is 4.57 Å². The van der Waals surface area contributed by atoms with Gasteiger partial charge in [-0.1, -0.05) is 57.2 Å². The number of pyridine rings is 1. The van der Waals surface area contributed by atoms with Gasteiger partial charge in [-0.2, -0.15) is 0 Å². The maximum absolute atomic E-state index is 6.85. The van der Waals surface area contributed by atoms with Crippen LogP contribution in [0.4, 0.5) is 0 Å². The van der Waals surface area contributed by atoms with E-state index in [4.69, 9.17) is 8.83 Å². The van der Waals surface area contributed by atoms with E-state index in [0.717, 1.165) is 61.1 Å². The second-order valence-electron chi connectivity index (χ2n) is 12.1. The van der Waals surface area contributed by atoms with E-state index >= 15 is 0 Å². The number of nitrogens with zero attached hydrogens (tertiary/aromatic N) is 1. The summed E-state index contributed by atoms with van der Waals surface area (Å²) in [7, 11) is 2.14. The number of hydrogen-bond acceptors (Lipinski definition) is 2. The van der Waals surface area contributed by atoms with E-state index in [-0.39, 0.29) is 5.41 Å². The predicted molar refractivity (Wildman–Crippen MR) is 158 cm³/mol. The van der Waals surface area contributed by atoms with Crippen molar-refractivity contribution in [3.05, 3.63) is 89.6 Å². The fourth-order valence-electron chi connectivity index (χ4n) is 6.09. The molecule has 38 heavy (non-hydrogen) atoms. The summed E-state index contributed by atoms with van der Waals surface area (Å²) in [5.74, 6) is 0. The van der Waals surface area contributed by atoms with Crippen molar-refractivity contribution in [2.24, 2.45) is 12.5 Å². The van der Waals surface area contributed by atoms with Crippen LogP contribution >= 0.6 is 0 Å². The number of fused-ring (bicyclic) bond motifs is 8. The lowest BCUT2D eigenvalue weighted by Crippen LogP contribution is -2.32. The first-order valence-electron chi connectivity index (χ1n) is 13.4. The summed E-state index contributed by atoms with van der Waals surface area (Å²) in [6, 6.07) is 23.8. The maximum Gasteiger partial charge on any atom is 0.216 e. The molecule has 0 saturated carbocycles. The number of aryl methyl sites for hydroxylation is 3. The third-order valence-electron chi connectivity index (χ3n) is 7.89. The molecule has 0 fully saturated rings. The van der Waals surface area contributed by atoms with Crippen LogP contribution in [0.5, 0.6) is 0 Å². The highest BCUT2D eigenvalue weighted by Gasteiger charge is 2.24. The summed E-state index contributed by atoms with van der Waals surface area (Å²) in [4.78, 5) is 0. The number of hydrogen-bond donors (Lipinski definition) is 0. The molecule has 0 N–H and O–H groups in total. The lowest BCUT2D eigenvalue weighted by atomic mass is 9.86. The monoisotopic (exact) mass is 498 g/mol. The van der Waals surface area contributed by atoms with Crippen molar-refractivity contribution in [2.75, 3.05) is 0 Å². The third kappa shape index (κ3) is 3.45. The maximum atomic E-state index is 6.85. The lowest BCUT2D eigenvalue weighted by Gasteiger charge is -2.19. The highest BCUT2D eigenvalue weighted by Crippen LogP contribution is 2.42. The molecule has 3 nitrogen and oxygen atoms in total. The quantitative estimate of drug-likeness (QED) is 0.222. The standard InChI is InChI=1S/C35H32NO2/c1-20-11-13-26-25-14-12-22-16-31-28(24-9-7-8-10-30(24)37-31)17-27(22)33(25)38-34(26)32(20)29-15-23(18-35(3,4)5)21(2)19-36(29)6/h7-17,19H,18H2,1-6H3/q+1. The first-order valence-corrected chi connectivity index (χ1v) is 13.4. The van der Waals surface area contributed by atoms with Gasteiger partial charge in [0.25, 0.3) is 0 Å². The van der Waals surface area contributed by atoms with Crippen LogP contribution < -0.4 is 4.57 Å². The molecule has 0 saturated heterocycles. The zero-order valence-electron chi connectivity index (χ0n) is 22.9. The summed E-state index contributed by atoms with van der Waals surface area (Å²) in [6.07, 6.45) is 3.29. The molecule has 0 unspecified atom stereocenters. The summed E-state index contributed by atoms with van der Waals surface area (Å²) in [5, 5.41) is 6.78. The smallest absolute Gasteiger partial charge is 0.216 e. The Labute approximate surface area is 222 Å². The Kier molecular flexibility index (Phi) is 4.82. The Hall–Kier alpha value is -4.11. The van der Waals surface area contributed by atoms with Gasteiger partial charge in [-0.15, -0.1) is 0 Å². The topological polar surface area (TPSA) is 30.2 Å². The molecule has 0 aliphatic rings. The van der Waals surface area contributed by atoms with Crippen molar-refractivity contribution in [3.8, 4) is 11.3 Å². The van der Waals surface area contributed by atoms with Crippen LogP contribution in [0.1, 0.15) is 37.5 Å². The normalized spacial score (nSPS) is 12.6. The van der Waals surface area contributed by atoms with Gasteiger partial charge in [0.1, 0.15) is 29.4 Å². The zero-order valence-corrected chi connectivity index (χ0v) is 22.9. The molecule has 188 valence electrons. The SMILES string of the molecule is Cc1c[n+](C)c(-c2c(C)ccc3c2oc2c4cc5c(cc4ccc32)oc2ccccc25)cc1CC(C)(C)C. The minimum atomic E-state index is 0.212. The van der Waals surface area contributed by atoms with Gasteiger partial charge >= 0.3 is 0 Å². The molecule has 0 bridgehead atoms. The molecule has 3 aromatic heterocycles. The van der Waals surface area contributed by atoms with Crippen LogP contribution in [0.3, 0.4) is 0 Å². The van der Waals surface area contributed by atoms with Gasteiger partial charge < -0.3 is 8.83 Å². The highest BCUT2D eigenvalue weighted by atomic mass is 16.3. The number of rotatable bonds is 2. The van der Waals surface area contributed by atoms with E-state index in [1.807, 2.05) is 12.1 Å². The number of furan rings is 2. The van der Waals surface area contributed by atoms with Crippen LogP contribution in [-0.4, -0.2) is 0 Å². The average Bonchev–Trinajstić information content (AvgIpc) is 3.42. The van der Waals surface area contributed by atoms with Gasteiger partial charge in [0.05, 0.1) is 5.56 Å². The summed E-state index contributed by atoms with van der Waals surface area (Å²) < 4.78 is 15.3. The molecule has 4 aromatic carbocycles. The second-order valence-corrected chi connectivity index (χ2v) is 12.1. The van der Waals surface area contributed by atoms with Crippen LogP contribution in [-0.2, 0) is 13.5 Å². The van der Waals surface area contributed by atoms with E-state index in [1.54, 1.807) is 0 Å². The van der Waals surface area contributed by atoms with Gasteiger partial charge in [0.15, 0.2) is 6.20 Å². The van der Waals surface area contributed by atoms with E-state index in [0.29, 0.717) is 0 Å². The molecule has 0 amide bonds. The minimum absolute atomic E-state index is 0.212. The molecule has 7 rings (SSSR count). The van der Waals surface area contributed by atoms with Crippen molar-refractivity contribution in [1.82, 2.24) is 0 Å². The van der Waals surface area contributed by atoms with Gasteiger partial charge in [0, 0.05) is 38.6 Å². The lowest BCUT2D eigenvalue weighted by molar-refractivity contribution is -0.660. The van der Waals surface area contributed by atoms with Crippen molar-refractivity contribution in [2.45, 2.75) is 41.0 Å². The molecule has 7 aromatic rings. The Morgan fingerprint density at radius 3 is 2.26 bits per heavy atom. The molecule has 0 aliphatic heterocycles. The van der Waals surface area contributed by atoms with Crippen LogP contribution in [0.2, 0.25) is 0 Å². The molecule has 0 atom stereocenters. The van der Waals surface area contributed by atoms with Crippen molar-refractivity contribution in [1.29, 1.82) is 0 Å². The average molecular weight is 499 g/mol. The van der Waals surface area contributed by atoms with Gasteiger partial charge in [-0.05, 0) is 66.5 Å². The largest absolute Gasteiger partial charge is 0.456 e. The van der Waals surface area contributed by atoms with Gasteiger partial charge in [0.2, 0.25) is 5.69 Å². The Balaban J connectivity index is 1.54. The minimum Gasteiger partial charge on any atom is -0.456 e. The molecule has 0 spiro atoms. The fourth-order valence-corrected chi connectivity index (χ4v) is 6.09.